The third-order valence-corrected chi connectivity index (χ3v) is 2.59. The summed E-state index contributed by atoms with van der Waals surface area (Å²) in [6, 6.07) is 0. The molecule has 90 valence electrons. The highest BCUT2D eigenvalue weighted by molar-refractivity contribution is 5.68. The van der Waals surface area contributed by atoms with Crippen molar-refractivity contribution < 1.29 is 14.3 Å². The van der Waals surface area contributed by atoms with Crippen molar-refractivity contribution in [3.05, 3.63) is 0 Å². The SMILES string of the molecule is CCCC[C@@H](CCCC(=O)OC)COC. The summed E-state index contributed by atoms with van der Waals surface area (Å²) in [6.07, 6.45) is 6.16. The smallest absolute Gasteiger partial charge is 0.305 e. The van der Waals surface area contributed by atoms with Gasteiger partial charge in [0.25, 0.3) is 0 Å². The van der Waals surface area contributed by atoms with Crippen LogP contribution in [-0.4, -0.2) is 26.8 Å². The van der Waals surface area contributed by atoms with Gasteiger partial charge in [0, 0.05) is 20.1 Å². The predicted octanol–water partition coefficient (Wildman–Crippen LogP) is 2.78. The largest absolute Gasteiger partial charge is 0.469 e. The first-order valence-corrected chi connectivity index (χ1v) is 5.80. The first kappa shape index (κ1) is 14.4. The van der Waals surface area contributed by atoms with Crippen LogP contribution in [-0.2, 0) is 14.3 Å². The number of rotatable bonds is 9. The molecule has 0 rings (SSSR count). The molecule has 0 aliphatic heterocycles. The number of hydrogen-bond acceptors (Lipinski definition) is 3. The first-order chi connectivity index (χ1) is 7.24. The molecular formula is C12H24O3. The third kappa shape index (κ3) is 8.43. The summed E-state index contributed by atoms with van der Waals surface area (Å²) in [5.41, 5.74) is 0. The van der Waals surface area contributed by atoms with Crippen LogP contribution in [0.25, 0.3) is 0 Å². The molecule has 0 saturated heterocycles. The fourth-order valence-corrected chi connectivity index (χ4v) is 1.68. The third-order valence-electron chi connectivity index (χ3n) is 2.59. The molecule has 0 unspecified atom stereocenters. The molecule has 0 spiro atoms. The second-order valence-corrected chi connectivity index (χ2v) is 3.93. The molecule has 1 atom stereocenters. The summed E-state index contributed by atoms with van der Waals surface area (Å²) in [6.45, 7) is 3.00. The van der Waals surface area contributed by atoms with Crippen LogP contribution >= 0.6 is 0 Å². The minimum Gasteiger partial charge on any atom is -0.469 e. The van der Waals surface area contributed by atoms with Crippen LogP contribution in [0.3, 0.4) is 0 Å². The topological polar surface area (TPSA) is 35.5 Å². The number of carbonyl (C=O) groups is 1. The maximum atomic E-state index is 10.9. The van der Waals surface area contributed by atoms with E-state index in [9.17, 15) is 4.79 Å². The Kier molecular flexibility index (Phi) is 9.59. The fourth-order valence-electron chi connectivity index (χ4n) is 1.68. The van der Waals surface area contributed by atoms with Gasteiger partial charge >= 0.3 is 5.97 Å². The van der Waals surface area contributed by atoms with E-state index in [-0.39, 0.29) is 5.97 Å². The van der Waals surface area contributed by atoms with Crippen LogP contribution in [0, 0.1) is 5.92 Å². The molecule has 15 heavy (non-hydrogen) atoms. The Morgan fingerprint density at radius 3 is 2.40 bits per heavy atom. The van der Waals surface area contributed by atoms with Crippen LogP contribution in [0.2, 0.25) is 0 Å². The standard InChI is InChI=1S/C12H24O3/c1-4-5-7-11(10-14-2)8-6-9-12(13)15-3/h11H,4-10H2,1-3H3/t11-/m0/s1. The number of hydrogen-bond donors (Lipinski definition) is 0. The van der Waals surface area contributed by atoms with E-state index in [2.05, 4.69) is 11.7 Å². The van der Waals surface area contributed by atoms with Crippen LogP contribution in [0.5, 0.6) is 0 Å². The molecule has 3 nitrogen and oxygen atoms in total. The lowest BCUT2D eigenvalue weighted by Gasteiger charge is -2.14. The van der Waals surface area contributed by atoms with Gasteiger partial charge in [0.2, 0.25) is 0 Å². The number of ether oxygens (including phenoxy) is 2. The minimum atomic E-state index is -0.110. The van der Waals surface area contributed by atoms with Gasteiger partial charge in [-0.1, -0.05) is 19.8 Å². The number of methoxy groups -OCH3 is 2. The van der Waals surface area contributed by atoms with E-state index in [1.807, 2.05) is 0 Å². The molecular weight excluding hydrogens is 192 g/mol. The summed E-state index contributed by atoms with van der Waals surface area (Å²) in [7, 11) is 3.17. The molecule has 0 radical (unpaired) electrons. The van der Waals surface area contributed by atoms with Crippen molar-refractivity contribution in [2.75, 3.05) is 20.8 Å². The molecule has 0 N–H and O–H groups in total. The van der Waals surface area contributed by atoms with E-state index in [0.29, 0.717) is 12.3 Å². The zero-order valence-corrected chi connectivity index (χ0v) is 10.3. The molecule has 3 heteroatoms. The zero-order chi connectivity index (χ0) is 11.5. The summed E-state index contributed by atoms with van der Waals surface area (Å²) < 4.78 is 9.77. The van der Waals surface area contributed by atoms with E-state index < -0.39 is 0 Å². The van der Waals surface area contributed by atoms with Crippen molar-refractivity contribution in [3.63, 3.8) is 0 Å². The Morgan fingerprint density at radius 2 is 1.87 bits per heavy atom. The van der Waals surface area contributed by atoms with Crippen LogP contribution < -0.4 is 0 Å². The van der Waals surface area contributed by atoms with E-state index in [1.165, 1.54) is 26.4 Å². The second-order valence-electron chi connectivity index (χ2n) is 3.93. The predicted molar refractivity (Wildman–Crippen MR) is 60.8 cm³/mol. The van der Waals surface area contributed by atoms with Gasteiger partial charge in [0.05, 0.1) is 7.11 Å². The Balaban J connectivity index is 3.60. The molecule has 0 fully saturated rings. The molecule has 0 aromatic heterocycles. The summed E-state index contributed by atoms with van der Waals surface area (Å²) >= 11 is 0. The highest BCUT2D eigenvalue weighted by atomic mass is 16.5. The fraction of sp³-hybridized carbons (Fsp3) is 0.917. The summed E-state index contributed by atoms with van der Waals surface area (Å²) in [5, 5.41) is 0. The Morgan fingerprint density at radius 1 is 1.20 bits per heavy atom. The van der Waals surface area contributed by atoms with Gasteiger partial charge in [-0.2, -0.15) is 0 Å². The quantitative estimate of drug-likeness (QED) is 0.556. The van der Waals surface area contributed by atoms with Crippen LogP contribution in [0.4, 0.5) is 0 Å². The summed E-state index contributed by atoms with van der Waals surface area (Å²) in [5.74, 6) is 0.487. The zero-order valence-electron chi connectivity index (χ0n) is 10.3. The van der Waals surface area contributed by atoms with E-state index in [1.54, 1.807) is 7.11 Å². The lowest BCUT2D eigenvalue weighted by Crippen LogP contribution is -2.09. The maximum absolute atomic E-state index is 10.9. The normalized spacial score (nSPS) is 12.5. The van der Waals surface area contributed by atoms with Crippen molar-refractivity contribution in [3.8, 4) is 0 Å². The summed E-state index contributed by atoms with van der Waals surface area (Å²) in [4.78, 5) is 10.9. The molecule has 0 aromatic carbocycles. The second kappa shape index (κ2) is 9.97. The lowest BCUT2D eigenvalue weighted by atomic mass is 9.97. The van der Waals surface area contributed by atoms with E-state index in [4.69, 9.17) is 4.74 Å². The van der Waals surface area contributed by atoms with Gasteiger partial charge in [-0.15, -0.1) is 0 Å². The average Bonchev–Trinajstić information content (AvgIpc) is 2.25. The van der Waals surface area contributed by atoms with Gasteiger partial charge in [0.15, 0.2) is 0 Å². The molecule has 0 aliphatic rings. The van der Waals surface area contributed by atoms with Gasteiger partial charge in [-0.25, -0.2) is 0 Å². The number of carbonyl (C=O) groups excluding carboxylic acids is 1. The maximum Gasteiger partial charge on any atom is 0.305 e. The number of esters is 1. The van der Waals surface area contributed by atoms with Gasteiger partial charge < -0.3 is 9.47 Å². The Hall–Kier alpha value is -0.570. The van der Waals surface area contributed by atoms with Crippen molar-refractivity contribution in [1.82, 2.24) is 0 Å². The highest BCUT2D eigenvalue weighted by Crippen LogP contribution is 2.16. The molecule has 0 aromatic rings. The monoisotopic (exact) mass is 216 g/mol. The van der Waals surface area contributed by atoms with Crippen LogP contribution in [0.15, 0.2) is 0 Å². The molecule has 0 heterocycles. The van der Waals surface area contributed by atoms with Crippen molar-refractivity contribution in [1.29, 1.82) is 0 Å². The minimum absolute atomic E-state index is 0.110. The molecule has 0 aliphatic carbocycles. The Bertz CT molecular complexity index is 157. The van der Waals surface area contributed by atoms with E-state index in [0.717, 1.165) is 19.4 Å². The lowest BCUT2D eigenvalue weighted by molar-refractivity contribution is -0.140. The van der Waals surface area contributed by atoms with E-state index >= 15 is 0 Å². The van der Waals surface area contributed by atoms with Gasteiger partial charge in [-0.05, 0) is 25.2 Å². The van der Waals surface area contributed by atoms with Crippen molar-refractivity contribution in [2.45, 2.75) is 45.4 Å². The van der Waals surface area contributed by atoms with Gasteiger partial charge in [-0.3, -0.25) is 4.79 Å². The highest BCUT2D eigenvalue weighted by Gasteiger charge is 2.09. The Labute approximate surface area is 93.1 Å². The van der Waals surface area contributed by atoms with Gasteiger partial charge in [0.1, 0.15) is 0 Å². The van der Waals surface area contributed by atoms with Crippen molar-refractivity contribution >= 4 is 5.97 Å². The van der Waals surface area contributed by atoms with Crippen molar-refractivity contribution in [2.24, 2.45) is 5.92 Å². The molecule has 0 amide bonds. The van der Waals surface area contributed by atoms with Crippen LogP contribution in [0.1, 0.15) is 45.4 Å². The first-order valence-electron chi connectivity index (χ1n) is 5.80. The molecule has 0 saturated carbocycles. The number of unbranched alkanes of at least 4 members (excludes halogenated alkanes) is 1. The average molecular weight is 216 g/mol. The molecule has 0 bridgehead atoms.